The van der Waals surface area contributed by atoms with Crippen molar-refractivity contribution in [2.45, 2.75) is 25.1 Å². The van der Waals surface area contributed by atoms with Crippen LogP contribution in [0.5, 0.6) is 0 Å². The zero-order valence-electron chi connectivity index (χ0n) is 17.2. The van der Waals surface area contributed by atoms with Crippen LogP contribution >= 0.6 is 0 Å². The first-order valence-corrected chi connectivity index (χ1v) is 10.5. The highest BCUT2D eigenvalue weighted by Crippen LogP contribution is 2.33. The molecule has 0 aliphatic carbocycles. The third kappa shape index (κ3) is 3.54. The van der Waals surface area contributed by atoms with Crippen molar-refractivity contribution in [3.05, 3.63) is 65.9 Å². The fourth-order valence-electron chi connectivity index (χ4n) is 4.18. The lowest BCUT2D eigenvalue weighted by Crippen LogP contribution is -2.78. The Morgan fingerprint density at radius 3 is 2.70 bits per heavy atom. The van der Waals surface area contributed by atoms with Crippen LogP contribution in [-0.4, -0.2) is 50.4 Å². The fourth-order valence-corrected chi connectivity index (χ4v) is 4.18. The SMILES string of the molecule is Fc1cc(-c2nnc(C(F)F)o2)ccc1Cn1cc(-c2cccc(N3CC4NC[C@H]43)c2)nn1. The molecule has 2 aliphatic heterocycles. The molecule has 2 atom stereocenters. The number of halogens is 3. The lowest BCUT2D eigenvalue weighted by molar-refractivity contribution is 0.116. The van der Waals surface area contributed by atoms with Gasteiger partial charge in [0.25, 0.3) is 5.89 Å². The van der Waals surface area contributed by atoms with E-state index in [0.717, 1.165) is 24.3 Å². The topological polar surface area (TPSA) is 84.9 Å². The highest BCUT2D eigenvalue weighted by atomic mass is 19.3. The van der Waals surface area contributed by atoms with Gasteiger partial charge in [0.15, 0.2) is 0 Å². The van der Waals surface area contributed by atoms with Crippen LogP contribution in [0.15, 0.2) is 53.1 Å². The maximum atomic E-state index is 14.7. The summed E-state index contributed by atoms with van der Waals surface area (Å²) in [5.41, 5.74) is 3.38. The minimum absolute atomic E-state index is 0.159. The third-order valence-electron chi connectivity index (χ3n) is 6.12. The van der Waals surface area contributed by atoms with Crippen molar-refractivity contribution in [1.82, 2.24) is 30.5 Å². The molecule has 4 aromatic rings. The molecule has 2 fully saturated rings. The lowest BCUT2D eigenvalue weighted by atomic mass is 9.88. The van der Waals surface area contributed by atoms with E-state index < -0.39 is 18.1 Å². The number of hydrogen-bond acceptors (Lipinski definition) is 7. The smallest absolute Gasteiger partial charge is 0.314 e. The zero-order chi connectivity index (χ0) is 22.5. The molecular formula is C22H18F3N7O. The van der Waals surface area contributed by atoms with Gasteiger partial charge in [-0.3, -0.25) is 0 Å². The van der Waals surface area contributed by atoms with Gasteiger partial charge >= 0.3 is 6.43 Å². The Morgan fingerprint density at radius 2 is 2.00 bits per heavy atom. The molecule has 6 rings (SSSR count). The van der Waals surface area contributed by atoms with Crippen molar-refractivity contribution in [2.24, 2.45) is 0 Å². The van der Waals surface area contributed by atoms with Crippen LogP contribution < -0.4 is 10.2 Å². The molecule has 4 heterocycles. The monoisotopic (exact) mass is 453 g/mol. The standard InChI is InChI=1S/C22H18F3N7O/c23-16-7-13(21-28-29-22(33-21)20(24)25)4-5-14(16)9-31-10-17(27-30-31)12-2-1-3-15(6-12)32-11-18-19(32)8-26-18/h1-7,10,18-20,26H,8-9,11H2/t18?,19-/m1/s1. The average Bonchev–Trinajstić information content (AvgIpc) is 3.47. The van der Waals surface area contributed by atoms with E-state index in [9.17, 15) is 13.2 Å². The second kappa shape index (κ2) is 7.69. The van der Waals surface area contributed by atoms with Crippen molar-refractivity contribution in [2.75, 3.05) is 18.0 Å². The summed E-state index contributed by atoms with van der Waals surface area (Å²) in [5, 5.41) is 18.6. The van der Waals surface area contributed by atoms with E-state index >= 15 is 0 Å². The Hall–Kier alpha value is -3.73. The number of nitrogens with one attached hydrogen (secondary N) is 1. The third-order valence-corrected chi connectivity index (χ3v) is 6.12. The van der Waals surface area contributed by atoms with Crippen molar-refractivity contribution < 1.29 is 17.6 Å². The number of benzene rings is 2. The van der Waals surface area contributed by atoms with Gasteiger partial charge in [0.1, 0.15) is 11.5 Å². The van der Waals surface area contributed by atoms with Gasteiger partial charge in [0.05, 0.1) is 18.8 Å². The van der Waals surface area contributed by atoms with Crippen molar-refractivity contribution in [3.8, 4) is 22.7 Å². The summed E-state index contributed by atoms with van der Waals surface area (Å²) in [6, 6.07) is 13.6. The summed E-state index contributed by atoms with van der Waals surface area (Å²) in [4.78, 5) is 2.37. The number of hydrogen-bond donors (Lipinski definition) is 1. The largest absolute Gasteiger partial charge is 0.415 e. The van der Waals surface area contributed by atoms with Gasteiger partial charge in [-0.15, -0.1) is 15.3 Å². The van der Waals surface area contributed by atoms with Crippen molar-refractivity contribution in [1.29, 1.82) is 0 Å². The van der Waals surface area contributed by atoms with E-state index in [1.807, 2.05) is 12.1 Å². The molecule has 8 nitrogen and oxygen atoms in total. The molecule has 0 spiro atoms. The summed E-state index contributed by atoms with van der Waals surface area (Å²) in [7, 11) is 0. The average molecular weight is 453 g/mol. The van der Waals surface area contributed by atoms with Crippen LogP contribution in [0.25, 0.3) is 22.7 Å². The van der Waals surface area contributed by atoms with E-state index in [1.165, 1.54) is 18.2 Å². The maximum absolute atomic E-state index is 14.7. The molecule has 2 saturated heterocycles. The lowest BCUT2D eigenvalue weighted by Gasteiger charge is -2.57. The van der Waals surface area contributed by atoms with Gasteiger partial charge in [0, 0.05) is 41.5 Å². The Morgan fingerprint density at radius 1 is 1.09 bits per heavy atom. The van der Waals surface area contributed by atoms with Crippen molar-refractivity contribution in [3.63, 3.8) is 0 Å². The van der Waals surface area contributed by atoms with Gasteiger partial charge in [-0.2, -0.15) is 8.78 Å². The number of fused-ring (bicyclic) bond motifs is 1. The molecular weight excluding hydrogens is 435 g/mol. The predicted octanol–water partition coefficient (Wildman–Crippen LogP) is 3.28. The molecule has 0 amide bonds. The van der Waals surface area contributed by atoms with Crippen LogP contribution in [0.1, 0.15) is 17.9 Å². The Labute approximate surface area is 186 Å². The molecule has 0 saturated carbocycles. The van der Waals surface area contributed by atoms with Gasteiger partial charge in [0.2, 0.25) is 5.89 Å². The summed E-state index contributed by atoms with van der Waals surface area (Å²) >= 11 is 0. The first-order valence-electron chi connectivity index (χ1n) is 10.5. The molecule has 1 N–H and O–H groups in total. The molecule has 33 heavy (non-hydrogen) atoms. The number of rotatable bonds is 6. The van der Waals surface area contributed by atoms with Crippen LogP contribution in [0.3, 0.4) is 0 Å². The van der Waals surface area contributed by atoms with Crippen LogP contribution in [0.4, 0.5) is 18.9 Å². The van der Waals surface area contributed by atoms with Gasteiger partial charge in [-0.05, 0) is 24.3 Å². The van der Waals surface area contributed by atoms with Crippen molar-refractivity contribution >= 4 is 5.69 Å². The van der Waals surface area contributed by atoms with E-state index in [4.69, 9.17) is 4.42 Å². The van der Waals surface area contributed by atoms with E-state index in [-0.39, 0.29) is 18.0 Å². The molecule has 11 heteroatoms. The van der Waals surface area contributed by atoms with E-state index in [1.54, 1.807) is 10.9 Å². The Balaban J connectivity index is 1.18. The molecule has 1 unspecified atom stereocenters. The summed E-state index contributed by atoms with van der Waals surface area (Å²) in [5.74, 6) is -1.50. The minimum atomic E-state index is -2.88. The predicted molar refractivity (Wildman–Crippen MR) is 112 cm³/mol. The second-order valence-corrected chi connectivity index (χ2v) is 8.14. The maximum Gasteiger partial charge on any atom is 0.314 e. The summed E-state index contributed by atoms with van der Waals surface area (Å²) < 4.78 is 46.4. The molecule has 2 aromatic carbocycles. The normalized spacial score (nSPS) is 19.3. The van der Waals surface area contributed by atoms with E-state index in [2.05, 4.69) is 42.9 Å². The molecule has 2 aliphatic rings. The summed E-state index contributed by atoms with van der Waals surface area (Å²) in [6.45, 7) is 2.17. The van der Waals surface area contributed by atoms with Gasteiger partial charge in [-0.25, -0.2) is 9.07 Å². The number of anilines is 1. The van der Waals surface area contributed by atoms with Crippen LogP contribution in [0, 0.1) is 5.82 Å². The van der Waals surface area contributed by atoms with E-state index in [0.29, 0.717) is 23.3 Å². The first kappa shape index (κ1) is 19.9. The van der Waals surface area contributed by atoms with Gasteiger partial charge < -0.3 is 14.6 Å². The quantitative estimate of drug-likeness (QED) is 0.480. The number of nitrogens with zero attached hydrogens (tertiary/aromatic N) is 6. The molecule has 2 aromatic heterocycles. The highest BCUT2D eigenvalue weighted by Gasteiger charge is 2.45. The zero-order valence-corrected chi connectivity index (χ0v) is 17.2. The summed E-state index contributed by atoms with van der Waals surface area (Å²) in [6.07, 6.45) is -1.11. The number of aromatic nitrogens is 5. The van der Waals surface area contributed by atoms with Crippen LogP contribution in [0.2, 0.25) is 0 Å². The molecule has 0 bridgehead atoms. The highest BCUT2D eigenvalue weighted by molar-refractivity contribution is 5.66. The minimum Gasteiger partial charge on any atom is -0.415 e. The number of piperazine rings is 1. The molecule has 168 valence electrons. The first-order chi connectivity index (χ1) is 16.0. The van der Waals surface area contributed by atoms with Crippen LogP contribution in [-0.2, 0) is 6.54 Å². The Bertz CT molecular complexity index is 1320. The fraction of sp³-hybridized carbons (Fsp3) is 0.273. The number of alkyl halides is 2. The Kier molecular flexibility index (Phi) is 4.64. The second-order valence-electron chi connectivity index (χ2n) is 8.14. The van der Waals surface area contributed by atoms with Gasteiger partial charge in [-0.1, -0.05) is 23.4 Å². The molecule has 0 radical (unpaired) electrons.